The van der Waals surface area contributed by atoms with Gasteiger partial charge < -0.3 is 0 Å². The number of anilines is 1. The van der Waals surface area contributed by atoms with E-state index in [9.17, 15) is 8.42 Å². The molecule has 0 saturated carbocycles. The van der Waals surface area contributed by atoms with Crippen LogP contribution in [0.3, 0.4) is 0 Å². The summed E-state index contributed by atoms with van der Waals surface area (Å²) in [6.45, 7) is 3.61. The Balaban J connectivity index is 2.30. The Bertz CT molecular complexity index is 614. The van der Waals surface area contributed by atoms with Crippen molar-refractivity contribution in [1.29, 1.82) is 0 Å². The number of benzene rings is 1. The first-order valence-corrected chi connectivity index (χ1v) is 6.57. The van der Waals surface area contributed by atoms with Gasteiger partial charge in [-0.3, -0.25) is 9.82 Å². The highest BCUT2D eigenvalue weighted by Gasteiger charge is 2.18. The molecule has 6 heteroatoms. The maximum atomic E-state index is 12.0. The molecule has 0 aliphatic carbocycles. The number of sulfonamides is 1. The van der Waals surface area contributed by atoms with Crippen molar-refractivity contribution in [3.63, 3.8) is 0 Å². The number of hydrogen-bond acceptors (Lipinski definition) is 3. The average molecular weight is 251 g/mol. The van der Waals surface area contributed by atoms with Gasteiger partial charge in [0.05, 0.1) is 11.9 Å². The van der Waals surface area contributed by atoms with Crippen LogP contribution in [0.1, 0.15) is 11.3 Å². The fraction of sp³-hybridized carbons (Fsp3) is 0.182. The third-order valence-electron chi connectivity index (χ3n) is 2.38. The number of aryl methyl sites for hydroxylation is 2. The van der Waals surface area contributed by atoms with Crippen LogP contribution in [0, 0.1) is 13.8 Å². The van der Waals surface area contributed by atoms with Crippen molar-refractivity contribution >= 4 is 15.7 Å². The average Bonchev–Trinajstić information content (AvgIpc) is 2.68. The molecular weight excluding hydrogens is 238 g/mol. The van der Waals surface area contributed by atoms with Crippen molar-refractivity contribution in [2.45, 2.75) is 18.7 Å². The van der Waals surface area contributed by atoms with Gasteiger partial charge in [0, 0.05) is 5.69 Å². The summed E-state index contributed by atoms with van der Waals surface area (Å²) < 4.78 is 26.5. The van der Waals surface area contributed by atoms with E-state index in [1.54, 1.807) is 19.1 Å². The van der Waals surface area contributed by atoms with Crippen molar-refractivity contribution in [2.75, 3.05) is 4.72 Å². The number of hydrogen-bond donors (Lipinski definition) is 2. The minimum Gasteiger partial charge on any atom is -0.281 e. The predicted octanol–water partition coefficient (Wildman–Crippen LogP) is 1.83. The summed E-state index contributed by atoms with van der Waals surface area (Å²) in [5.41, 5.74) is 2.13. The molecule has 2 rings (SSSR count). The highest BCUT2D eigenvalue weighted by Crippen LogP contribution is 2.17. The van der Waals surface area contributed by atoms with Crippen LogP contribution >= 0.6 is 0 Å². The van der Waals surface area contributed by atoms with E-state index in [0.29, 0.717) is 11.4 Å². The van der Waals surface area contributed by atoms with Crippen LogP contribution in [-0.4, -0.2) is 18.6 Å². The van der Waals surface area contributed by atoms with Gasteiger partial charge in [-0.25, -0.2) is 8.42 Å². The maximum absolute atomic E-state index is 12.0. The fourth-order valence-electron chi connectivity index (χ4n) is 1.44. The van der Waals surface area contributed by atoms with Crippen molar-refractivity contribution in [2.24, 2.45) is 0 Å². The van der Waals surface area contributed by atoms with Crippen LogP contribution in [-0.2, 0) is 10.0 Å². The van der Waals surface area contributed by atoms with E-state index in [-0.39, 0.29) is 4.90 Å². The molecule has 0 radical (unpaired) electrons. The molecule has 0 atom stereocenters. The summed E-state index contributed by atoms with van der Waals surface area (Å²) in [7, 11) is -3.56. The van der Waals surface area contributed by atoms with Gasteiger partial charge in [0.25, 0.3) is 10.0 Å². The lowest BCUT2D eigenvalue weighted by Gasteiger charge is -2.07. The second kappa shape index (κ2) is 4.21. The van der Waals surface area contributed by atoms with Crippen LogP contribution in [0.5, 0.6) is 0 Å². The fourth-order valence-corrected chi connectivity index (χ4v) is 2.64. The monoisotopic (exact) mass is 251 g/mol. The third-order valence-corrected chi connectivity index (χ3v) is 3.87. The first-order chi connectivity index (χ1) is 7.99. The van der Waals surface area contributed by atoms with Crippen molar-refractivity contribution < 1.29 is 8.42 Å². The number of nitrogens with one attached hydrogen (secondary N) is 2. The molecule has 0 saturated heterocycles. The van der Waals surface area contributed by atoms with Gasteiger partial charge >= 0.3 is 0 Å². The maximum Gasteiger partial charge on any atom is 0.265 e. The van der Waals surface area contributed by atoms with Gasteiger partial charge in [0.15, 0.2) is 0 Å². The highest BCUT2D eigenvalue weighted by atomic mass is 32.2. The standard InChI is InChI=1S/C11H13N3O2S/c1-8-3-5-10(6-4-8)14-17(15,16)11-7-12-13-9(11)2/h3-7,14H,1-2H3,(H,12,13). The van der Waals surface area contributed by atoms with E-state index in [2.05, 4.69) is 14.9 Å². The SMILES string of the molecule is Cc1ccc(NS(=O)(=O)c2cn[nH]c2C)cc1. The molecule has 2 N–H and O–H groups in total. The quantitative estimate of drug-likeness (QED) is 0.873. The molecule has 1 heterocycles. The minimum atomic E-state index is -3.56. The number of nitrogens with zero attached hydrogens (tertiary/aromatic N) is 1. The molecule has 0 unspecified atom stereocenters. The predicted molar refractivity (Wildman–Crippen MR) is 65.3 cm³/mol. The molecule has 1 aromatic carbocycles. The van der Waals surface area contributed by atoms with E-state index in [0.717, 1.165) is 5.56 Å². The first-order valence-electron chi connectivity index (χ1n) is 5.08. The molecular formula is C11H13N3O2S. The van der Waals surface area contributed by atoms with Gasteiger partial charge in [-0.15, -0.1) is 0 Å². The first kappa shape index (κ1) is 11.7. The van der Waals surface area contributed by atoms with Gasteiger partial charge in [0.2, 0.25) is 0 Å². The van der Waals surface area contributed by atoms with E-state index in [4.69, 9.17) is 0 Å². The van der Waals surface area contributed by atoms with E-state index in [1.165, 1.54) is 6.20 Å². The lowest BCUT2D eigenvalue weighted by molar-refractivity contribution is 0.600. The molecule has 17 heavy (non-hydrogen) atoms. The zero-order chi connectivity index (χ0) is 12.5. The smallest absolute Gasteiger partial charge is 0.265 e. The summed E-state index contributed by atoms with van der Waals surface area (Å²) in [6, 6.07) is 7.14. The van der Waals surface area contributed by atoms with Crippen LogP contribution in [0.2, 0.25) is 0 Å². The molecule has 0 aliphatic heterocycles. The Morgan fingerprint density at radius 3 is 2.35 bits per heavy atom. The number of aromatic nitrogens is 2. The van der Waals surface area contributed by atoms with Crippen LogP contribution < -0.4 is 4.72 Å². The molecule has 0 aliphatic rings. The van der Waals surface area contributed by atoms with Crippen LogP contribution in [0.15, 0.2) is 35.4 Å². The Labute approximate surface area is 99.9 Å². The van der Waals surface area contributed by atoms with Gasteiger partial charge in [-0.2, -0.15) is 5.10 Å². The Hall–Kier alpha value is -1.82. The number of H-pyrrole nitrogens is 1. The minimum absolute atomic E-state index is 0.165. The van der Waals surface area contributed by atoms with E-state index >= 15 is 0 Å². The lowest BCUT2D eigenvalue weighted by Crippen LogP contribution is -2.13. The van der Waals surface area contributed by atoms with Gasteiger partial charge in [-0.05, 0) is 26.0 Å². The molecule has 0 amide bonds. The molecule has 2 aromatic rings. The Kier molecular flexibility index (Phi) is 2.89. The number of aromatic amines is 1. The van der Waals surface area contributed by atoms with Gasteiger partial charge in [0.1, 0.15) is 4.90 Å². The summed E-state index contributed by atoms with van der Waals surface area (Å²) in [6.07, 6.45) is 1.30. The van der Waals surface area contributed by atoms with Crippen molar-refractivity contribution in [3.8, 4) is 0 Å². The summed E-state index contributed by atoms with van der Waals surface area (Å²) in [5, 5.41) is 6.30. The largest absolute Gasteiger partial charge is 0.281 e. The topological polar surface area (TPSA) is 74.8 Å². The third kappa shape index (κ3) is 2.47. The molecule has 0 bridgehead atoms. The highest BCUT2D eigenvalue weighted by molar-refractivity contribution is 7.92. The lowest BCUT2D eigenvalue weighted by atomic mass is 10.2. The van der Waals surface area contributed by atoms with Gasteiger partial charge in [-0.1, -0.05) is 17.7 Å². The summed E-state index contributed by atoms with van der Waals surface area (Å²) in [4.78, 5) is 0.165. The molecule has 90 valence electrons. The van der Waals surface area contributed by atoms with Crippen molar-refractivity contribution in [1.82, 2.24) is 10.2 Å². The summed E-state index contributed by atoms with van der Waals surface area (Å²) >= 11 is 0. The van der Waals surface area contributed by atoms with E-state index in [1.807, 2.05) is 19.1 Å². The van der Waals surface area contributed by atoms with E-state index < -0.39 is 10.0 Å². The molecule has 0 spiro atoms. The number of rotatable bonds is 3. The van der Waals surface area contributed by atoms with Crippen molar-refractivity contribution in [3.05, 3.63) is 41.7 Å². The second-order valence-corrected chi connectivity index (χ2v) is 5.48. The zero-order valence-electron chi connectivity index (χ0n) is 9.56. The summed E-state index contributed by atoms with van der Waals surface area (Å²) in [5.74, 6) is 0. The second-order valence-electron chi connectivity index (χ2n) is 3.83. The van der Waals surface area contributed by atoms with Crippen LogP contribution in [0.4, 0.5) is 5.69 Å². The molecule has 1 aromatic heterocycles. The zero-order valence-corrected chi connectivity index (χ0v) is 10.4. The molecule has 5 nitrogen and oxygen atoms in total. The Morgan fingerprint density at radius 1 is 1.18 bits per heavy atom. The normalized spacial score (nSPS) is 11.4. The van der Waals surface area contributed by atoms with Crippen LogP contribution in [0.25, 0.3) is 0 Å². The molecule has 0 fully saturated rings. The Morgan fingerprint density at radius 2 is 1.82 bits per heavy atom.